The number of aromatic hydroxyl groups is 1. The summed E-state index contributed by atoms with van der Waals surface area (Å²) in [7, 11) is 1.80. The van der Waals surface area contributed by atoms with Crippen molar-refractivity contribution in [1.29, 1.82) is 0 Å². The molecule has 0 atom stereocenters. The molecule has 0 spiro atoms. The van der Waals surface area contributed by atoms with Gasteiger partial charge in [-0.15, -0.1) is 0 Å². The smallest absolute Gasteiger partial charge is 0.191 e. The van der Waals surface area contributed by atoms with Crippen molar-refractivity contribution in [2.24, 2.45) is 4.99 Å². The molecule has 28 heavy (non-hydrogen) atoms. The number of hydrogen-bond donors (Lipinski definition) is 3. The molecule has 1 heterocycles. The number of benzene rings is 2. The Hall–Kier alpha value is -2.53. The summed E-state index contributed by atoms with van der Waals surface area (Å²) in [6, 6.07) is 16.3. The number of aryl methyl sites for hydroxylation is 1. The van der Waals surface area contributed by atoms with Crippen molar-refractivity contribution in [2.75, 3.05) is 26.7 Å². The van der Waals surface area contributed by atoms with Crippen molar-refractivity contribution in [2.45, 2.75) is 38.8 Å². The molecule has 5 nitrogen and oxygen atoms in total. The van der Waals surface area contributed by atoms with Crippen LogP contribution in [-0.2, 0) is 19.5 Å². The molecule has 1 fully saturated rings. The number of rotatable bonds is 8. The van der Waals surface area contributed by atoms with Gasteiger partial charge in [0.05, 0.1) is 0 Å². The van der Waals surface area contributed by atoms with Crippen molar-refractivity contribution in [3.63, 3.8) is 0 Å². The highest BCUT2D eigenvalue weighted by molar-refractivity contribution is 5.79. The lowest BCUT2D eigenvalue weighted by Gasteiger charge is -2.15. The van der Waals surface area contributed by atoms with E-state index in [2.05, 4.69) is 44.8 Å². The highest BCUT2D eigenvalue weighted by atomic mass is 16.3. The molecule has 3 N–H and O–H groups in total. The van der Waals surface area contributed by atoms with E-state index in [0.29, 0.717) is 5.75 Å². The largest absolute Gasteiger partial charge is 0.508 e. The lowest BCUT2D eigenvalue weighted by atomic mass is 10.1. The Morgan fingerprint density at radius 3 is 2.25 bits per heavy atom. The fourth-order valence-electron chi connectivity index (χ4n) is 3.53. The second-order valence-corrected chi connectivity index (χ2v) is 7.42. The highest BCUT2D eigenvalue weighted by Crippen LogP contribution is 2.13. The summed E-state index contributed by atoms with van der Waals surface area (Å²) in [5.74, 6) is 1.14. The van der Waals surface area contributed by atoms with E-state index in [-0.39, 0.29) is 0 Å². The van der Waals surface area contributed by atoms with Gasteiger partial charge in [0.15, 0.2) is 5.96 Å². The van der Waals surface area contributed by atoms with Gasteiger partial charge in [0.25, 0.3) is 0 Å². The number of phenols is 1. The first-order chi connectivity index (χ1) is 13.7. The molecule has 0 aromatic heterocycles. The van der Waals surface area contributed by atoms with Crippen molar-refractivity contribution in [3.8, 4) is 5.75 Å². The summed E-state index contributed by atoms with van der Waals surface area (Å²) < 4.78 is 0. The molecule has 0 aliphatic carbocycles. The minimum Gasteiger partial charge on any atom is -0.508 e. The Kier molecular flexibility index (Phi) is 7.73. The number of aliphatic imine (C=N–C) groups is 1. The van der Waals surface area contributed by atoms with E-state index < -0.39 is 0 Å². The molecule has 3 rings (SSSR count). The molecule has 0 bridgehead atoms. The summed E-state index contributed by atoms with van der Waals surface area (Å²) in [6.07, 6.45) is 4.66. The molecular formula is C23H32N4O. The lowest BCUT2D eigenvalue weighted by Crippen LogP contribution is -2.37. The van der Waals surface area contributed by atoms with Crippen LogP contribution in [0.5, 0.6) is 5.75 Å². The summed E-state index contributed by atoms with van der Waals surface area (Å²) in [4.78, 5) is 6.82. The van der Waals surface area contributed by atoms with Crippen molar-refractivity contribution < 1.29 is 5.11 Å². The van der Waals surface area contributed by atoms with Gasteiger partial charge in [0.1, 0.15) is 5.75 Å². The standard InChI is InChI=1S/C23H32N4O/c1-24-23(25-14-4-5-19-10-12-22(28)13-11-19)26-17-20-6-8-21(9-7-20)18-27-15-2-3-16-27/h6-13,28H,2-5,14-18H2,1H3,(H2,24,25,26). The Morgan fingerprint density at radius 2 is 1.57 bits per heavy atom. The molecule has 0 amide bonds. The number of nitrogens with one attached hydrogen (secondary N) is 2. The average molecular weight is 381 g/mol. The van der Waals surface area contributed by atoms with Crippen LogP contribution in [0.2, 0.25) is 0 Å². The quantitative estimate of drug-likeness (QED) is 0.374. The van der Waals surface area contributed by atoms with Gasteiger partial charge in [0.2, 0.25) is 0 Å². The van der Waals surface area contributed by atoms with E-state index in [1.165, 1.54) is 42.6 Å². The van der Waals surface area contributed by atoms with Crippen LogP contribution in [0, 0.1) is 0 Å². The Balaban J connectivity index is 1.35. The molecule has 5 heteroatoms. The minimum absolute atomic E-state index is 0.315. The van der Waals surface area contributed by atoms with E-state index in [1.54, 1.807) is 19.2 Å². The van der Waals surface area contributed by atoms with E-state index in [0.717, 1.165) is 38.4 Å². The first-order valence-electron chi connectivity index (χ1n) is 10.3. The summed E-state index contributed by atoms with van der Waals surface area (Å²) in [5.41, 5.74) is 3.89. The van der Waals surface area contributed by atoms with Crippen LogP contribution in [-0.4, -0.2) is 42.6 Å². The number of nitrogens with zero attached hydrogens (tertiary/aromatic N) is 2. The average Bonchev–Trinajstić information content (AvgIpc) is 3.23. The second kappa shape index (κ2) is 10.7. The fraction of sp³-hybridized carbons (Fsp3) is 0.435. The van der Waals surface area contributed by atoms with Crippen LogP contribution in [0.3, 0.4) is 0 Å². The lowest BCUT2D eigenvalue weighted by molar-refractivity contribution is 0.331. The number of phenolic OH excluding ortho intramolecular Hbond substituents is 1. The van der Waals surface area contributed by atoms with E-state index >= 15 is 0 Å². The van der Waals surface area contributed by atoms with Gasteiger partial charge >= 0.3 is 0 Å². The van der Waals surface area contributed by atoms with Crippen LogP contribution in [0.15, 0.2) is 53.5 Å². The van der Waals surface area contributed by atoms with E-state index in [9.17, 15) is 5.11 Å². The molecule has 150 valence electrons. The highest BCUT2D eigenvalue weighted by Gasteiger charge is 2.11. The van der Waals surface area contributed by atoms with Crippen LogP contribution >= 0.6 is 0 Å². The first kappa shape index (κ1) is 20.2. The van der Waals surface area contributed by atoms with Gasteiger partial charge in [-0.25, -0.2) is 0 Å². The van der Waals surface area contributed by atoms with Gasteiger partial charge in [-0.3, -0.25) is 9.89 Å². The van der Waals surface area contributed by atoms with Crippen molar-refractivity contribution >= 4 is 5.96 Å². The van der Waals surface area contributed by atoms with Crippen LogP contribution in [0.1, 0.15) is 36.0 Å². The number of guanidine groups is 1. The molecular weight excluding hydrogens is 348 g/mol. The Morgan fingerprint density at radius 1 is 0.929 bits per heavy atom. The zero-order valence-electron chi connectivity index (χ0n) is 16.8. The summed E-state index contributed by atoms with van der Waals surface area (Å²) >= 11 is 0. The number of likely N-dealkylation sites (tertiary alicyclic amines) is 1. The predicted molar refractivity (Wildman–Crippen MR) is 116 cm³/mol. The van der Waals surface area contributed by atoms with Crippen molar-refractivity contribution in [3.05, 3.63) is 65.2 Å². The van der Waals surface area contributed by atoms with Crippen LogP contribution in [0.25, 0.3) is 0 Å². The van der Waals surface area contributed by atoms with E-state index in [1.807, 2.05) is 12.1 Å². The van der Waals surface area contributed by atoms with Gasteiger partial charge < -0.3 is 15.7 Å². The maximum atomic E-state index is 9.33. The second-order valence-electron chi connectivity index (χ2n) is 7.42. The number of hydrogen-bond acceptors (Lipinski definition) is 3. The third-order valence-corrected chi connectivity index (χ3v) is 5.18. The normalized spacial score (nSPS) is 15.0. The zero-order valence-corrected chi connectivity index (χ0v) is 16.8. The molecule has 1 aliphatic heterocycles. The molecule has 1 saturated heterocycles. The predicted octanol–water partition coefficient (Wildman–Crippen LogP) is 3.29. The Bertz CT molecular complexity index is 734. The molecule has 0 saturated carbocycles. The van der Waals surface area contributed by atoms with Gasteiger partial charge in [-0.05, 0) is 67.6 Å². The molecule has 0 radical (unpaired) electrons. The zero-order chi connectivity index (χ0) is 19.6. The summed E-state index contributed by atoms with van der Waals surface area (Å²) in [5, 5.41) is 16.1. The topological polar surface area (TPSA) is 59.9 Å². The first-order valence-corrected chi connectivity index (χ1v) is 10.3. The third-order valence-electron chi connectivity index (χ3n) is 5.18. The monoisotopic (exact) mass is 380 g/mol. The van der Waals surface area contributed by atoms with Crippen LogP contribution in [0.4, 0.5) is 0 Å². The SMILES string of the molecule is CN=C(NCCCc1ccc(O)cc1)NCc1ccc(CN2CCCC2)cc1. The van der Waals surface area contributed by atoms with Gasteiger partial charge in [-0.1, -0.05) is 36.4 Å². The third kappa shape index (κ3) is 6.57. The molecule has 2 aromatic rings. The fourth-order valence-corrected chi connectivity index (χ4v) is 3.53. The molecule has 2 aromatic carbocycles. The van der Waals surface area contributed by atoms with Crippen molar-refractivity contribution in [1.82, 2.24) is 15.5 Å². The van der Waals surface area contributed by atoms with Gasteiger partial charge in [0, 0.05) is 26.7 Å². The van der Waals surface area contributed by atoms with Gasteiger partial charge in [-0.2, -0.15) is 0 Å². The minimum atomic E-state index is 0.315. The summed E-state index contributed by atoms with van der Waals surface area (Å²) in [6.45, 7) is 5.16. The molecule has 0 unspecified atom stereocenters. The van der Waals surface area contributed by atoms with Crippen LogP contribution < -0.4 is 10.6 Å². The maximum Gasteiger partial charge on any atom is 0.191 e. The Labute approximate surface area is 168 Å². The van der Waals surface area contributed by atoms with E-state index in [4.69, 9.17) is 0 Å². The maximum absolute atomic E-state index is 9.33. The molecule has 1 aliphatic rings.